The van der Waals surface area contributed by atoms with Crippen LogP contribution in [0.25, 0.3) is 0 Å². The van der Waals surface area contributed by atoms with E-state index in [0.29, 0.717) is 0 Å². The normalized spacial score (nSPS) is 25.1. The zero-order chi connectivity index (χ0) is 12.9. The predicted molar refractivity (Wildman–Crippen MR) is 77.6 cm³/mol. The fraction of sp³-hybridized carbons (Fsp3) is 1.00. The van der Waals surface area contributed by atoms with E-state index in [1.807, 2.05) is 27.7 Å². The van der Waals surface area contributed by atoms with Gasteiger partial charge in [0, 0.05) is 32.7 Å². The van der Waals surface area contributed by atoms with Crippen LogP contribution in [-0.2, 0) is 0 Å². The van der Waals surface area contributed by atoms with Gasteiger partial charge in [-0.1, -0.05) is 27.7 Å². The average molecular weight is 243 g/mol. The Labute approximate surface area is 108 Å². The number of rotatable bonds is 2. The summed E-state index contributed by atoms with van der Waals surface area (Å²) in [6.07, 6.45) is 2.80. The third-order valence-corrected chi connectivity index (χ3v) is 3.12. The molecule has 3 heteroatoms. The summed E-state index contributed by atoms with van der Waals surface area (Å²) in [4.78, 5) is 2.61. The molecule has 17 heavy (non-hydrogen) atoms. The molecule has 0 amide bonds. The average Bonchev–Trinajstić information content (AvgIpc) is 2.45. The van der Waals surface area contributed by atoms with E-state index >= 15 is 0 Å². The van der Waals surface area contributed by atoms with Gasteiger partial charge in [0.1, 0.15) is 0 Å². The first kappa shape index (κ1) is 16.9. The van der Waals surface area contributed by atoms with Crippen molar-refractivity contribution in [3.05, 3.63) is 0 Å². The van der Waals surface area contributed by atoms with Crippen LogP contribution in [0.5, 0.6) is 0 Å². The van der Waals surface area contributed by atoms with Crippen LogP contribution >= 0.6 is 0 Å². The van der Waals surface area contributed by atoms with E-state index in [9.17, 15) is 0 Å². The maximum absolute atomic E-state index is 3.48. The second kappa shape index (κ2) is 12.3. The Bertz CT molecular complexity index is 122. The molecule has 2 heterocycles. The summed E-state index contributed by atoms with van der Waals surface area (Å²) in [5, 5.41) is 6.88. The van der Waals surface area contributed by atoms with Crippen molar-refractivity contribution in [2.75, 3.05) is 45.8 Å². The maximum Gasteiger partial charge on any atom is 0.0107 e. The number of piperidine rings is 1. The standard InChI is InChI=1S/C10H21N3.2C2H6/c1-2-10(8-12-3-1)9-13-6-4-11-5-7-13;2*1-2/h10-12H,1-9H2;2*1-2H3/t10-;;/m0../s1. The van der Waals surface area contributed by atoms with E-state index < -0.39 is 0 Å². The smallest absolute Gasteiger partial charge is 0.0107 e. The van der Waals surface area contributed by atoms with E-state index in [4.69, 9.17) is 0 Å². The van der Waals surface area contributed by atoms with Gasteiger partial charge in [-0.15, -0.1) is 0 Å². The topological polar surface area (TPSA) is 27.3 Å². The van der Waals surface area contributed by atoms with Crippen molar-refractivity contribution in [3.63, 3.8) is 0 Å². The molecule has 3 nitrogen and oxygen atoms in total. The molecule has 2 rings (SSSR count). The quantitative estimate of drug-likeness (QED) is 0.776. The first-order valence-corrected chi connectivity index (χ1v) is 7.59. The Hall–Kier alpha value is -0.120. The second-order valence-corrected chi connectivity index (χ2v) is 4.26. The fourth-order valence-electron chi connectivity index (χ4n) is 2.34. The van der Waals surface area contributed by atoms with Crippen LogP contribution in [0.15, 0.2) is 0 Å². The lowest BCUT2D eigenvalue weighted by molar-refractivity contribution is 0.188. The third-order valence-electron chi connectivity index (χ3n) is 3.12. The number of hydrogen-bond donors (Lipinski definition) is 2. The molecule has 104 valence electrons. The summed E-state index contributed by atoms with van der Waals surface area (Å²) in [6, 6.07) is 0. The highest BCUT2D eigenvalue weighted by molar-refractivity contribution is 4.75. The molecule has 0 aromatic heterocycles. The summed E-state index contributed by atoms with van der Waals surface area (Å²) in [6.45, 7) is 16.6. The van der Waals surface area contributed by atoms with E-state index in [2.05, 4.69) is 15.5 Å². The van der Waals surface area contributed by atoms with Gasteiger partial charge < -0.3 is 15.5 Å². The van der Waals surface area contributed by atoms with E-state index in [0.717, 1.165) is 5.92 Å². The van der Waals surface area contributed by atoms with Crippen molar-refractivity contribution in [3.8, 4) is 0 Å². The molecule has 0 aliphatic carbocycles. The molecule has 2 N–H and O–H groups in total. The van der Waals surface area contributed by atoms with Gasteiger partial charge in [0.15, 0.2) is 0 Å². The number of nitrogens with one attached hydrogen (secondary N) is 2. The Morgan fingerprint density at radius 3 is 2.12 bits per heavy atom. The van der Waals surface area contributed by atoms with Crippen molar-refractivity contribution < 1.29 is 0 Å². The zero-order valence-corrected chi connectivity index (χ0v) is 12.4. The molecule has 0 bridgehead atoms. The molecule has 0 radical (unpaired) electrons. The summed E-state index contributed by atoms with van der Waals surface area (Å²) in [5.41, 5.74) is 0. The monoisotopic (exact) mass is 243 g/mol. The maximum atomic E-state index is 3.48. The van der Waals surface area contributed by atoms with Gasteiger partial charge in [0.25, 0.3) is 0 Å². The molecule has 2 aliphatic rings. The van der Waals surface area contributed by atoms with Crippen LogP contribution in [0.1, 0.15) is 40.5 Å². The van der Waals surface area contributed by atoms with Gasteiger partial charge in [-0.3, -0.25) is 0 Å². The van der Waals surface area contributed by atoms with Crippen LogP contribution in [0.4, 0.5) is 0 Å². The Balaban J connectivity index is 0.000000581. The highest BCUT2D eigenvalue weighted by atomic mass is 15.2. The Morgan fingerprint density at radius 1 is 0.941 bits per heavy atom. The summed E-state index contributed by atoms with van der Waals surface area (Å²) >= 11 is 0. The van der Waals surface area contributed by atoms with Crippen LogP contribution in [-0.4, -0.2) is 50.7 Å². The Morgan fingerprint density at radius 2 is 1.59 bits per heavy atom. The molecule has 0 spiro atoms. The minimum absolute atomic E-state index is 0.909. The minimum atomic E-state index is 0.909. The highest BCUT2D eigenvalue weighted by Crippen LogP contribution is 2.11. The van der Waals surface area contributed by atoms with Gasteiger partial charge >= 0.3 is 0 Å². The summed E-state index contributed by atoms with van der Waals surface area (Å²) in [5.74, 6) is 0.909. The van der Waals surface area contributed by atoms with E-state index in [-0.39, 0.29) is 0 Å². The molecular formula is C14H33N3. The third kappa shape index (κ3) is 7.74. The SMILES string of the molecule is C1CNC[C@@H](CN2CCNCC2)C1.CC.CC. The van der Waals surface area contributed by atoms with Crippen LogP contribution in [0, 0.1) is 5.92 Å². The fourth-order valence-corrected chi connectivity index (χ4v) is 2.34. The van der Waals surface area contributed by atoms with Crippen molar-refractivity contribution in [2.24, 2.45) is 5.92 Å². The molecule has 0 aromatic rings. The summed E-state index contributed by atoms with van der Waals surface area (Å²) < 4.78 is 0. The van der Waals surface area contributed by atoms with E-state index in [1.54, 1.807) is 0 Å². The summed E-state index contributed by atoms with van der Waals surface area (Å²) in [7, 11) is 0. The van der Waals surface area contributed by atoms with Crippen molar-refractivity contribution in [1.29, 1.82) is 0 Å². The molecule has 0 unspecified atom stereocenters. The molecule has 0 saturated carbocycles. The largest absolute Gasteiger partial charge is 0.316 e. The van der Waals surface area contributed by atoms with Crippen molar-refractivity contribution in [2.45, 2.75) is 40.5 Å². The first-order valence-electron chi connectivity index (χ1n) is 7.59. The van der Waals surface area contributed by atoms with Gasteiger partial charge in [0.05, 0.1) is 0 Å². The van der Waals surface area contributed by atoms with Gasteiger partial charge in [-0.25, -0.2) is 0 Å². The lowest BCUT2D eigenvalue weighted by Gasteiger charge is -2.32. The van der Waals surface area contributed by atoms with E-state index in [1.165, 1.54) is 58.7 Å². The van der Waals surface area contributed by atoms with Crippen LogP contribution < -0.4 is 10.6 Å². The number of piperazine rings is 1. The number of hydrogen-bond acceptors (Lipinski definition) is 3. The highest BCUT2D eigenvalue weighted by Gasteiger charge is 2.17. The number of nitrogens with zero attached hydrogens (tertiary/aromatic N) is 1. The Kier molecular flexibility index (Phi) is 12.3. The van der Waals surface area contributed by atoms with Gasteiger partial charge in [0.2, 0.25) is 0 Å². The van der Waals surface area contributed by atoms with Crippen LogP contribution in [0.3, 0.4) is 0 Å². The minimum Gasteiger partial charge on any atom is -0.316 e. The van der Waals surface area contributed by atoms with Crippen LogP contribution in [0.2, 0.25) is 0 Å². The molecule has 0 aromatic carbocycles. The molecule has 2 fully saturated rings. The molecule has 2 saturated heterocycles. The lowest BCUT2D eigenvalue weighted by Crippen LogP contribution is -2.47. The van der Waals surface area contributed by atoms with Gasteiger partial charge in [-0.05, 0) is 31.8 Å². The van der Waals surface area contributed by atoms with Gasteiger partial charge in [-0.2, -0.15) is 0 Å². The zero-order valence-electron chi connectivity index (χ0n) is 12.4. The molecule has 2 aliphatic heterocycles. The van der Waals surface area contributed by atoms with Crippen molar-refractivity contribution in [1.82, 2.24) is 15.5 Å². The molecular weight excluding hydrogens is 210 g/mol. The first-order chi connectivity index (χ1) is 8.45. The van der Waals surface area contributed by atoms with Crippen molar-refractivity contribution >= 4 is 0 Å². The molecule has 1 atom stereocenters. The lowest BCUT2D eigenvalue weighted by atomic mass is 9.99. The predicted octanol–water partition coefficient (Wildman–Crippen LogP) is 1.94. The second-order valence-electron chi connectivity index (χ2n) is 4.26.